The van der Waals surface area contributed by atoms with Gasteiger partial charge in [-0.3, -0.25) is 4.79 Å². The molecule has 2 N–H and O–H groups in total. The van der Waals surface area contributed by atoms with Crippen molar-refractivity contribution in [2.75, 3.05) is 13.2 Å². The van der Waals surface area contributed by atoms with Crippen LogP contribution in [0, 0.1) is 0 Å². The van der Waals surface area contributed by atoms with Crippen molar-refractivity contribution in [1.29, 1.82) is 0 Å². The SMILES string of the molecule is CC1(C)C2=C(C(=O)c3ccc(OC[C@H](O)CO)cc31)c1ccc(Br)cc1C2. The third-order valence-electron chi connectivity index (χ3n) is 5.55. The van der Waals surface area contributed by atoms with Crippen LogP contribution in [0.2, 0.25) is 0 Å². The summed E-state index contributed by atoms with van der Waals surface area (Å²) in [5, 5.41) is 18.5. The van der Waals surface area contributed by atoms with Crippen LogP contribution in [0.25, 0.3) is 5.57 Å². The van der Waals surface area contributed by atoms with E-state index in [1.165, 1.54) is 5.56 Å². The number of hydrogen-bond donors (Lipinski definition) is 2. The average Bonchev–Trinajstić information content (AvgIpc) is 3.04. The number of allylic oxidation sites excluding steroid dienone is 2. The van der Waals surface area contributed by atoms with E-state index in [0.29, 0.717) is 11.3 Å². The van der Waals surface area contributed by atoms with Gasteiger partial charge in [0.05, 0.1) is 6.61 Å². The number of carbonyl (C=O) groups is 1. The Hall–Kier alpha value is -1.95. The molecule has 2 aliphatic rings. The van der Waals surface area contributed by atoms with Crippen molar-refractivity contribution in [3.63, 3.8) is 0 Å². The van der Waals surface area contributed by atoms with Crippen LogP contribution >= 0.6 is 15.9 Å². The predicted molar refractivity (Wildman–Crippen MR) is 107 cm³/mol. The zero-order valence-corrected chi connectivity index (χ0v) is 16.8. The molecule has 0 saturated heterocycles. The second-order valence-corrected chi connectivity index (χ2v) is 8.56. The van der Waals surface area contributed by atoms with Gasteiger partial charge in [0.15, 0.2) is 5.78 Å². The van der Waals surface area contributed by atoms with E-state index >= 15 is 0 Å². The van der Waals surface area contributed by atoms with Crippen molar-refractivity contribution in [2.24, 2.45) is 0 Å². The zero-order chi connectivity index (χ0) is 19.3. The Morgan fingerprint density at radius 2 is 1.93 bits per heavy atom. The fourth-order valence-corrected chi connectivity index (χ4v) is 4.47. The lowest BCUT2D eigenvalue weighted by atomic mass is 9.68. The van der Waals surface area contributed by atoms with E-state index in [-0.39, 0.29) is 24.4 Å². The van der Waals surface area contributed by atoms with Gasteiger partial charge in [-0.15, -0.1) is 0 Å². The monoisotopic (exact) mass is 428 g/mol. The maximum absolute atomic E-state index is 13.3. The van der Waals surface area contributed by atoms with Gasteiger partial charge in [-0.2, -0.15) is 0 Å². The Labute approximate surface area is 166 Å². The van der Waals surface area contributed by atoms with Gasteiger partial charge >= 0.3 is 0 Å². The van der Waals surface area contributed by atoms with Crippen LogP contribution in [0.5, 0.6) is 5.75 Å². The highest BCUT2D eigenvalue weighted by atomic mass is 79.9. The summed E-state index contributed by atoms with van der Waals surface area (Å²) in [7, 11) is 0. The smallest absolute Gasteiger partial charge is 0.193 e. The Kier molecular flexibility index (Phi) is 4.49. The molecule has 0 saturated carbocycles. The van der Waals surface area contributed by atoms with Crippen molar-refractivity contribution in [3.8, 4) is 5.75 Å². The number of halogens is 1. The number of carbonyl (C=O) groups excluding carboxylic acids is 1. The molecule has 2 aliphatic carbocycles. The minimum Gasteiger partial charge on any atom is -0.491 e. The number of fused-ring (bicyclic) bond motifs is 3. The molecule has 0 heterocycles. The van der Waals surface area contributed by atoms with Crippen LogP contribution < -0.4 is 4.74 Å². The lowest BCUT2D eigenvalue weighted by molar-refractivity contribution is 0.0535. The Bertz CT molecular complexity index is 974. The van der Waals surface area contributed by atoms with Crippen molar-refractivity contribution in [2.45, 2.75) is 31.8 Å². The standard InChI is InChI=1S/C22H21BrO4/c1-22(2)18-9-15(27-11-14(25)10-24)4-6-17(18)21(26)20-16-5-3-13(23)7-12(16)8-19(20)22/h3-7,9,14,24-25H,8,10-11H2,1-2H3/t14-/m1/s1. The first-order chi connectivity index (χ1) is 12.8. The highest BCUT2D eigenvalue weighted by molar-refractivity contribution is 9.10. The molecule has 0 fully saturated rings. The second-order valence-electron chi connectivity index (χ2n) is 7.64. The number of aliphatic hydroxyl groups is 2. The lowest BCUT2D eigenvalue weighted by Gasteiger charge is -2.34. The summed E-state index contributed by atoms with van der Waals surface area (Å²) >= 11 is 3.52. The number of ketones is 1. The van der Waals surface area contributed by atoms with Crippen LogP contribution in [-0.4, -0.2) is 35.3 Å². The van der Waals surface area contributed by atoms with Crippen LogP contribution in [0.3, 0.4) is 0 Å². The summed E-state index contributed by atoms with van der Waals surface area (Å²) in [6, 6.07) is 11.5. The quantitative estimate of drug-likeness (QED) is 0.779. The first-order valence-corrected chi connectivity index (χ1v) is 9.75. The van der Waals surface area contributed by atoms with Gasteiger partial charge in [-0.25, -0.2) is 0 Å². The van der Waals surface area contributed by atoms with Crippen LogP contribution in [0.4, 0.5) is 0 Å². The lowest BCUT2D eigenvalue weighted by Crippen LogP contribution is -2.30. The van der Waals surface area contributed by atoms with E-state index in [2.05, 4.69) is 35.8 Å². The molecule has 27 heavy (non-hydrogen) atoms. The van der Waals surface area contributed by atoms with Gasteiger partial charge < -0.3 is 14.9 Å². The maximum Gasteiger partial charge on any atom is 0.193 e. The molecular weight excluding hydrogens is 408 g/mol. The van der Waals surface area contributed by atoms with Crippen LogP contribution in [0.15, 0.2) is 46.4 Å². The molecule has 2 aromatic carbocycles. The zero-order valence-electron chi connectivity index (χ0n) is 15.3. The minimum atomic E-state index is -0.923. The Morgan fingerprint density at radius 3 is 2.67 bits per heavy atom. The van der Waals surface area contributed by atoms with Crippen molar-refractivity contribution in [3.05, 3.63) is 68.7 Å². The molecule has 4 nitrogen and oxygen atoms in total. The molecule has 0 unspecified atom stereocenters. The molecule has 2 aromatic rings. The summed E-state index contributed by atoms with van der Waals surface area (Å²) in [5.41, 5.74) is 5.51. The molecule has 1 atom stereocenters. The summed E-state index contributed by atoms with van der Waals surface area (Å²) in [6.07, 6.45) is -0.163. The van der Waals surface area contributed by atoms with Crippen LogP contribution in [0.1, 0.15) is 40.9 Å². The number of ether oxygens (including phenoxy) is 1. The van der Waals surface area contributed by atoms with Crippen LogP contribution in [-0.2, 0) is 11.8 Å². The fraction of sp³-hybridized carbons (Fsp3) is 0.318. The molecule has 5 heteroatoms. The maximum atomic E-state index is 13.3. The van der Waals surface area contributed by atoms with Gasteiger partial charge in [-0.05, 0) is 59.0 Å². The molecule has 0 aliphatic heterocycles. The Balaban J connectivity index is 1.76. The predicted octanol–water partition coefficient (Wildman–Crippen LogP) is 3.66. The van der Waals surface area contributed by atoms with Gasteiger partial charge in [-0.1, -0.05) is 35.8 Å². The molecule has 140 valence electrons. The number of rotatable bonds is 4. The molecule has 0 radical (unpaired) electrons. The minimum absolute atomic E-state index is 0.0110. The summed E-state index contributed by atoms with van der Waals surface area (Å²) < 4.78 is 6.61. The molecule has 0 spiro atoms. The van der Waals surface area contributed by atoms with E-state index in [1.807, 2.05) is 18.2 Å². The first kappa shape index (κ1) is 18.4. The third-order valence-corrected chi connectivity index (χ3v) is 6.04. The van der Waals surface area contributed by atoms with Gasteiger partial charge in [0.1, 0.15) is 18.5 Å². The largest absolute Gasteiger partial charge is 0.491 e. The number of aliphatic hydroxyl groups excluding tert-OH is 2. The molecular formula is C22H21BrO4. The number of benzene rings is 2. The van der Waals surface area contributed by atoms with Crippen molar-refractivity contribution >= 4 is 27.3 Å². The number of hydrogen-bond acceptors (Lipinski definition) is 4. The Morgan fingerprint density at radius 1 is 1.19 bits per heavy atom. The normalized spacial score (nSPS) is 18.0. The van der Waals surface area contributed by atoms with Gasteiger partial charge in [0.2, 0.25) is 0 Å². The number of Topliss-reactive ketones (excluding diaryl/α,β-unsaturated/α-hetero) is 1. The average molecular weight is 429 g/mol. The molecule has 0 bridgehead atoms. The van der Waals surface area contributed by atoms with E-state index in [1.54, 1.807) is 12.1 Å². The molecule has 4 rings (SSSR count). The van der Waals surface area contributed by atoms with E-state index in [0.717, 1.165) is 33.2 Å². The van der Waals surface area contributed by atoms with Gasteiger partial charge in [0, 0.05) is 21.0 Å². The van der Waals surface area contributed by atoms with Crippen molar-refractivity contribution in [1.82, 2.24) is 0 Å². The molecule has 0 aromatic heterocycles. The third kappa shape index (κ3) is 2.94. The van der Waals surface area contributed by atoms with E-state index < -0.39 is 6.10 Å². The topological polar surface area (TPSA) is 66.8 Å². The van der Waals surface area contributed by atoms with Gasteiger partial charge in [0.25, 0.3) is 0 Å². The van der Waals surface area contributed by atoms with E-state index in [4.69, 9.17) is 9.84 Å². The first-order valence-electron chi connectivity index (χ1n) is 8.96. The highest BCUT2D eigenvalue weighted by Crippen LogP contribution is 2.50. The molecule has 0 amide bonds. The summed E-state index contributed by atoms with van der Waals surface area (Å²) in [6.45, 7) is 3.94. The fourth-order valence-electron chi connectivity index (χ4n) is 4.06. The summed E-state index contributed by atoms with van der Waals surface area (Å²) in [4.78, 5) is 13.3. The summed E-state index contributed by atoms with van der Waals surface area (Å²) in [5.74, 6) is 0.645. The van der Waals surface area contributed by atoms with Crippen molar-refractivity contribution < 1.29 is 19.7 Å². The second kappa shape index (κ2) is 6.59. The highest BCUT2D eigenvalue weighted by Gasteiger charge is 2.42. The van der Waals surface area contributed by atoms with E-state index in [9.17, 15) is 9.90 Å².